The van der Waals surface area contributed by atoms with Crippen LogP contribution in [0.15, 0.2) is 24.3 Å². The van der Waals surface area contributed by atoms with Gasteiger partial charge in [-0.1, -0.05) is 12.1 Å². The van der Waals surface area contributed by atoms with E-state index in [-0.39, 0.29) is 18.0 Å². The second-order valence-electron chi connectivity index (χ2n) is 5.99. The molecule has 0 aromatic heterocycles. The van der Waals surface area contributed by atoms with Crippen molar-refractivity contribution in [2.24, 2.45) is 0 Å². The van der Waals surface area contributed by atoms with Gasteiger partial charge in [-0.2, -0.15) is 0 Å². The molecule has 0 amide bonds. The molecule has 0 aliphatic carbocycles. The summed E-state index contributed by atoms with van der Waals surface area (Å²) in [6, 6.07) is 6.44. The molecule has 1 heterocycles. The number of halogens is 1. The fourth-order valence-corrected chi connectivity index (χ4v) is 2.58. The number of hydrogen-bond donors (Lipinski definition) is 1. The molecule has 2 atom stereocenters. The summed E-state index contributed by atoms with van der Waals surface area (Å²) in [5.74, 6) is -0.235. The summed E-state index contributed by atoms with van der Waals surface area (Å²) >= 11 is 0. The predicted octanol–water partition coefficient (Wildman–Crippen LogP) is 2.36. The van der Waals surface area contributed by atoms with Crippen molar-refractivity contribution in [1.82, 2.24) is 4.90 Å². The van der Waals surface area contributed by atoms with Crippen molar-refractivity contribution in [3.63, 3.8) is 0 Å². The molecule has 1 aliphatic rings. The third kappa shape index (κ3) is 4.27. The number of β-amino-alcohol motifs (C(OH)–C–C–N with tert-alkyl or cyclic N) is 1. The number of benzene rings is 1. The van der Waals surface area contributed by atoms with Gasteiger partial charge in [0.1, 0.15) is 5.82 Å². The number of hydrogen-bond acceptors (Lipinski definition) is 3. The van der Waals surface area contributed by atoms with Gasteiger partial charge in [-0.25, -0.2) is 4.39 Å². The minimum Gasteiger partial charge on any atom is -0.389 e. The van der Waals surface area contributed by atoms with E-state index < -0.39 is 5.60 Å². The third-order valence-corrected chi connectivity index (χ3v) is 3.19. The molecule has 2 unspecified atom stereocenters. The molecule has 3 nitrogen and oxygen atoms in total. The van der Waals surface area contributed by atoms with Crippen molar-refractivity contribution < 1.29 is 14.2 Å². The first-order valence-corrected chi connectivity index (χ1v) is 6.69. The average Bonchev–Trinajstić information content (AvgIpc) is 2.26. The van der Waals surface area contributed by atoms with Crippen molar-refractivity contribution in [3.05, 3.63) is 35.6 Å². The largest absolute Gasteiger partial charge is 0.389 e. The van der Waals surface area contributed by atoms with Crippen molar-refractivity contribution in [1.29, 1.82) is 0 Å². The first kappa shape index (κ1) is 14.4. The van der Waals surface area contributed by atoms with E-state index in [4.69, 9.17) is 4.74 Å². The Labute approximate surface area is 114 Å². The number of ether oxygens (including phenoxy) is 1. The quantitative estimate of drug-likeness (QED) is 0.912. The summed E-state index contributed by atoms with van der Waals surface area (Å²) in [7, 11) is 0. The van der Waals surface area contributed by atoms with E-state index in [2.05, 4.69) is 4.90 Å². The molecule has 0 saturated carbocycles. The van der Waals surface area contributed by atoms with Gasteiger partial charge in [0.2, 0.25) is 0 Å². The zero-order valence-corrected chi connectivity index (χ0v) is 11.8. The van der Waals surface area contributed by atoms with Crippen molar-refractivity contribution >= 4 is 0 Å². The topological polar surface area (TPSA) is 32.7 Å². The van der Waals surface area contributed by atoms with E-state index in [9.17, 15) is 9.50 Å². The number of rotatable bonds is 3. The SMILES string of the molecule is CC1CN(CC(C)(C)O)CC(c2ccc(F)cc2)O1. The molecule has 1 saturated heterocycles. The van der Waals surface area contributed by atoms with Crippen molar-refractivity contribution in [3.8, 4) is 0 Å². The summed E-state index contributed by atoms with van der Waals surface area (Å²) in [4.78, 5) is 2.20. The Kier molecular flexibility index (Phi) is 4.23. The minimum absolute atomic E-state index is 0.0632. The van der Waals surface area contributed by atoms with E-state index in [1.165, 1.54) is 12.1 Å². The van der Waals surface area contributed by atoms with Crippen LogP contribution in [0.1, 0.15) is 32.4 Å². The zero-order chi connectivity index (χ0) is 14.0. The van der Waals surface area contributed by atoms with Gasteiger partial charge in [-0.3, -0.25) is 4.90 Å². The Balaban J connectivity index is 2.07. The van der Waals surface area contributed by atoms with Crippen LogP contribution in [0.2, 0.25) is 0 Å². The molecule has 2 rings (SSSR count). The molecular weight excluding hydrogens is 245 g/mol. The molecule has 0 radical (unpaired) electrons. The van der Waals surface area contributed by atoms with Gasteiger partial charge in [0, 0.05) is 19.6 Å². The van der Waals surface area contributed by atoms with Crippen LogP contribution in [0.3, 0.4) is 0 Å². The van der Waals surface area contributed by atoms with Crippen molar-refractivity contribution in [2.45, 2.75) is 38.6 Å². The summed E-state index contributed by atoms with van der Waals surface area (Å²) < 4.78 is 18.9. The monoisotopic (exact) mass is 267 g/mol. The molecule has 1 aliphatic heterocycles. The Hall–Kier alpha value is -0.970. The molecule has 0 spiro atoms. The van der Waals surface area contributed by atoms with Crippen LogP contribution in [0, 0.1) is 5.82 Å². The average molecular weight is 267 g/mol. The lowest BCUT2D eigenvalue weighted by Crippen LogP contribution is -2.48. The Morgan fingerprint density at radius 3 is 2.53 bits per heavy atom. The highest BCUT2D eigenvalue weighted by Crippen LogP contribution is 2.26. The highest BCUT2D eigenvalue weighted by atomic mass is 19.1. The molecule has 1 aromatic carbocycles. The van der Waals surface area contributed by atoms with Crippen LogP contribution < -0.4 is 0 Å². The van der Waals surface area contributed by atoms with Crippen LogP contribution >= 0.6 is 0 Å². The van der Waals surface area contributed by atoms with E-state index >= 15 is 0 Å². The maximum absolute atomic E-state index is 12.9. The van der Waals surface area contributed by atoms with Crippen LogP contribution in [-0.2, 0) is 4.74 Å². The standard InChI is InChI=1S/C15H22FNO2/c1-11-8-17(10-15(2,3)18)9-14(19-11)12-4-6-13(16)7-5-12/h4-7,11,14,18H,8-10H2,1-3H3. The fraction of sp³-hybridized carbons (Fsp3) is 0.600. The second-order valence-corrected chi connectivity index (χ2v) is 5.99. The first-order chi connectivity index (χ1) is 8.83. The lowest BCUT2D eigenvalue weighted by atomic mass is 10.0. The molecule has 1 aromatic rings. The molecule has 0 bridgehead atoms. The molecule has 106 valence electrons. The van der Waals surface area contributed by atoms with Crippen LogP contribution in [-0.4, -0.2) is 41.3 Å². The first-order valence-electron chi connectivity index (χ1n) is 6.69. The summed E-state index contributed by atoms with van der Waals surface area (Å²) in [6.45, 7) is 7.77. The Bertz CT molecular complexity index is 413. The van der Waals surface area contributed by atoms with Gasteiger partial charge in [0.15, 0.2) is 0 Å². The van der Waals surface area contributed by atoms with Gasteiger partial charge < -0.3 is 9.84 Å². The van der Waals surface area contributed by atoms with E-state index in [0.717, 1.165) is 18.7 Å². The van der Waals surface area contributed by atoms with Gasteiger partial charge in [-0.05, 0) is 38.5 Å². The highest BCUT2D eigenvalue weighted by Gasteiger charge is 2.29. The normalized spacial score (nSPS) is 25.5. The van der Waals surface area contributed by atoms with Gasteiger partial charge >= 0.3 is 0 Å². The molecular formula is C15H22FNO2. The molecule has 4 heteroatoms. The van der Waals surface area contributed by atoms with E-state index in [1.54, 1.807) is 26.0 Å². The molecule has 1 fully saturated rings. The number of morpholine rings is 1. The summed E-state index contributed by atoms with van der Waals surface area (Å²) in [5, 5.41) is 9.92. The highest BCUT2D eigenvalue weighted by molar-refractivity contribution is 5.19. The molecule has 19 heavy (non-hydrogen) atoms. The van der Waals surface area contributed by atoms with Crippen LogP contribution in [0.4, 0.5) is 4.39 Å². The lowest BCUT2D eigenvalue weighted by molar-refractivity contribution is -0.0952. The second kappa shape index (κ2) is 5.57. The Morgan fingerprint density at radius 1 is 1.32 bits per heavy atom. The Morgan fingerprint density at radius 2 is 1.95 bits per heavy atom. The van der Waals surface area contributed by atoms with Gasteiger partial charge in [0.05, 0.1) is 17.8 Å². The minimum atomic E-state index is -0.718. The van der Waals surface area contributed by atoms with Crippen LogP contribution in [0.5, 0.6) is 0 Å². The van der Waals surface area contributed by atoms with E-state index in [1.807, 2.05) is 6.92 Å². The van der Waals surface area contributed by atoms with Gasteiger partial charge in [-0.15, -0.1) is 0 Å². The smallest absolute Gasteiger partial charge is 0.123 e. The fourth-order valence-electron chi connectivity index (χ4n) is 2.58. The number of aliphatic hydroxyl groups is 1. The van der Waals surface area contributed by atoms with E-state index in [0.29, 0.717) is 6.54 Å². The van der Waals surface area contributed by atoms with Gasteiger partial charge in [0.25, 0.3) is 0 Å². The summed E-state index contributed by atoms with van der Waals surface area (Å²) in [5.41, 5.74) is 0.262. The zero-order valence-electron chi connectivity index (χ0n) is 11.8. The molecule has 1 N–H and O–H groups in total. The predicted molar refractivity (Wildman–Crippen MR) is 72.4 cm³/mol. The lowest BCUT2D eigenvalue weighted by Gasteiger charge is -2.39. The maximum atomic E-state index is 12.9. The van der Waals surface area contributed by atoms with Crippen LogP contribution in [0.25, 0.3) is 0 Å². The van der Waals surface area contributed by atoms with Crippen molar-refractivity contribution in [2.75, 3.05) is 19.6 Å². The summed E-state index contributed by atoms with van der Waals surface area (Å²) in [6.07, 6.45) is 0.0397. The maximum Gasteiger partial charge on any atom is 0.123 e. The number of nitrogens with zero attached hydrogens (tertiary/aromatic N) is 1. The third-order valence-electron chi connectivity index (χ3n) is 3.19.